The maximum absolute atomic E-state index is 10.3. The van der Waals surface area contributed by atoms with E-state index in [0.29, 0.717) is 5.56 Å². The van der Waals surface area contributed by atoms with Crippen molar-refractivity contribution in [1.29, 1.82) is 0 Å². The molecule has 70 valence electrons. The highest BCUT2D eigenvalue weighted by Crippen LogP contribution is 2.12. The third-order valence-corrected chi connectivity index (χ3v) is 1.92. The normalized spacial score (nSPS) is 12.5. The maximum atomic E-state index is 10.3. The lowest BCUT2D eigenvalue weighted by atomic mass is 10.1. The summed E-state index contributed by atoms with van der Waals surface area (Å²) in [5.74, 6) is 0. The number of pyridine rings is 1. The number of rotatable bonds is 4. The van der Waals surface area contributed by atoms with Crippen LogP contribution in [-0.2, 0) is 0 Å². The Balaban J connectivity index is 2.73. The van der Waals surface area contributed by atoms with Crippen molar-refractivity contribution in [2.45, 2.75) is 25.8 Å². The predicted molar refractivity (Wildman–Crippen MR) is 51.5 cm³/mol. The van der Waals surface area contributed by atoms with Gasteiger partial charge in [0.2, 0.25) is 0 Å². The van der Waals surface area contributed by atoms with Crippen molar-refractivity contribution in [3.8, 4) is 0 Å². The molecular formula is C10H14N2O. The first-order chi connectivity index (χ1) is 6.27. The molecule has 0 aliphatic heterocycles. The summed E-state index contributed by atoms with van der Waals surface area (Å²) < 4.78 is 0. The van der Waals surface area contributed by atoms with E-state index in [1.54, 1.807) is 12.3 Å². The van der Waals surface area contributed by atoms with E-state index in [1.165, 1.54) is 0 Å². The number of nitrogens with zero attached hydrogens (tertiary/aromatic N) is 1. The van der Waals surface area contributed by atoms with Gasteiger partial charge in [-0.15, -0.1) is 0 Å². The molecule has 1 atom stereocenters. The second kappa shape index (κ2) is 4.72. The molecule has 0 aliphatic carbocycles. The van der Waals surface area contributed by atoms with Crippen molar-refractivity contribution in [1.82, 2.24) is 4.98 Å². The smallest absolute Gasteiger partial charge is 0.151 e. The molecule has 0 saturated carbocycles. The molecule has 0 amide bonds. The number of hydrogen-bond acceptors (Lipinski definition) is 3. The summed E-state index contributed by atoms with van der Waals surface area (Å²) in [4.78, 5) is 14.5. The summed E-state index contributed by atoms with van der Waals surface area (Å²) in [7, 11) is 0. The zero-order chi connectivity index (χ0) is 9.68. The average molecular weight is 178 g/mol. The highest BCUT2D eigenvalue weighted by molar-refractivity contribution is 5.73. The van der Waals surface area contributed by atoms with Gasteiger partial charge in [-0.3, -0.25) is 9.78 Å². The Hall–Kier alpha value is -1.22. The Kier molecular flexibility index (Phi) is 3.58. The Morgan fingerprint density at radius 1 is 1.62 bits per heavy atom. The summed E-state index contributed by atoms with van der Waals surface area (Å²) in [6.07, 6.45) is 4.30. The molecule has 1 heterocycles. The molecule has 0 saturated heterocycles. The van der Waals surface area contributed by atoms with Gasteiger partial charge in [0.05, 0.1) is 5.69 Å². The fourth-order valence-electron chi connectivity index (χ4n) is 1.16. The van der Waals surface area contributed by atoms with E-state index in [2.05, 4.69) is 11.9 Å². The van der Waals surface area contributed by atoms with Gasteiger partial charge in [-0.05, 0) is 18.6 Å². The van der Waals surface area contributed by atoms with Gasteiger partial charge >= 0.3 is 0 Å². The number of aromatic nitrogens is 1. The first kappa shape index (κ1) is 9.86. The van der Waals surface area contributed by atoms with Crippen LogP contribution in [0.5, 0.6) is 0 Å². The van der Waals surface area contributed by atoms with Gasteiger partial charge in [-0.2, -0.15) is 0 Å². The summed E-state index contributed by atoms with van der Waals surface area (Å²) in [5.41, 5.74) is 7.29. The van der Waals surface area contributed by atoms with Crippen molar-refractivity contribution in [2.24, 2.45) is 5.73 Å². The SMILES string of the molecule is CCCC(N)c1ccc(C=O)cn1. The van der Waals surface area contributed by atoms with E-state index < -0.39 is 0 Å². The molecule has 0 aromatic carbocycles. The lowest BCUT2D eigenvalue weighted by Gasteiger charge is -2.08. The summed E-state index contributed by atoms with van der Waals surface area (Å²) in [6.45, 7) is 2.08. The first-order valence-corrected chi connectivity index (χ1v) is 4.44. The third kappa shape index (κ3) is 2.63. The van der Waals surface area contributed by atoms with Crippen molar-refractivity contribution in [3.05, 3.63) is 29.6 Å². The molecule has 0 spiro atoms. The second-order valence-corrected chi connectivity index (χ2v) is 3.03. The fourth-order valence-corrected chi connectivity index (χ4v) is 1.16. The van der Waals surface area contributed by atoms with E-state index in [0.717, 1.165) is 24.8 Å². The molecule has 0 fully saturated rings. The second-order valence-electron chi connectivity index (χ2n) is 3.03. The molecule has 1 aromatic heterocycles. The summed E-state index contributed by atoms with van der Waals surface area (Å²) in [5, 5.41) is 0. The van der Waals surface area contributed by atoms with Crippen LogP contribution in [0.2, 0.25) is 0 Å². The third-order valence-electron chi connectivity index (χ3n) is 1.92. The minimum atomic E-state index is -0.00861. The summed E-state index contributed by atoms with van der Waals surface area (Å²) >= 11 is 0. The van der Waals surface area contributed by atoms with E-state index in [-0.39, 0.29) is 6.04 Å². The largest absolute Gasteiger partial charge is 0.323 e. The van der Waals surface area contributed by atoms with E-state index in [1.807, 2.05) is 6.07 Å². The minimum Gasteiger partial charge on any atom is -0.323 e. The van der Waals surface area contributed by atoms with Crippen LogP contribution in [0.15, 0.2) is 18.3 Å². The molecule has 0 aliphatic rings. The Bertz CT molecular complexity index is 269. The average Bonchev–Trinajstić information content (AvgIpc) is 2.18. The molecule has 2 N–H and O–H groups in total. The zero-order valence-electron chi connectivity index (χ0n) is 7.73. The van der Waals surface area contributed by atoms with E-state index in [9.17, 15) is 4.79 Å². The number of aldehydes is 1. The van der Waals surface area contributed by atoms with E-state index in [4.69, 9.17) is 5.73 Å². The van der Waals surface area contributed by atoms with Gasteiger partial charge in [0.25, 0.3) is 0 Å². The van der Waals surface area contributed by atoms with Crippen LogP contribution in [0.3, 0.4) is 0 Å². The quantitative estimate of drug-likeness (QED) is 0.714. The molecule has 0 radical (unpaired) electrons. The lowest BCUT2D eigenvalue weighted by Crippen LogP contribution is -2.11. The number of carbonyl (C=O) groups excluding carboxylic acids is 1. The van der Waals surface area contributed by atoms with Gasteiger partial charge in [-0.1, -0.05) is 13.3 Å². The fraction of sp³-hybridized carbons (Fsp3) is 0.400. The van der Waals surface area contributed by atoms with Crippen LogP contribution >= 0.6 is 0 Å². The van der Waals surface area contributed by atoms with Crippen LogP contribution in [0.1, 0.15) is 41.9 Å². The standard InChI is InChI=1S/C10H14N2O/c1-2-3-9(11)10-5-4-8(7-13)6-12-10/h4-7,9H,2-3,11H2,1H3. The molecule has 3 nitrogen and oxygen atoms in total. The van der Waals surface area contributed by atoms with Crippen LogP contribution in [0.25, 0.3) is 0 Å². The van der Waals surface area contributed by atoms with Crippen molar-refractivity contribution < 1.29 is 4.79 Å². The Morgan fingerprint density at radius 3 is 2.85 bits per heavy atom. The number of carbonyl (C=O) groups is 1. The maximum Gasteiger partial charge on any atom is 0.151 e. The van der Waals surface area contributed by atoms with E-state index >= 15 is 0 Å². The Morgan fingerprint density at radius 2 is 2.38 bits per heavy atom. The molecule has 1 rings (SSSR count). The van der Waals surface area contributed by atoms with Gasteiger partial charge in [-0.25, -0.2) is 0 Å². The predicted octanol–water partition coefficient (Wildman–Crippen LogP) is 1.69. The van der Waals surface area contributed by atoms with Crippen molar-refractivity contribution in [3.63, 3.8) is 0 Å². The highest BCUT2D eigenvalue weighted by Gasteiger charge is 2.05. The molecule has 1 aromatic rings. The first-order valence-electron chi connectivity index (χ1n) is 4.44. The van der Waals surface area contributed by atoms with Gasteiger partial charge in [0, 0.05) is 17.8 Å². The highest BCUT2D eigenvalue weighted by atomic mass is 16.1. The molecule has 13 heavy (non-hydrogen) atoms. The van der Waals surface area contributed by atoms with Crippen LogP contribution < -0.4 is 5.73 Å². The summed E-state index contributed by atoms with van der Waals surface area (Å²) in [6, 6.07) is 3.54. The molecule has 3 heteroatoms. The van der Waals surface area contributed by atoms with Crippen LogP contribution in [0, 0.1) is 0 Å². The Labute approximate surface area is 78.0 Å². The van der Waals surface area contributed by atoms with Crippen LogP contribution in [0.4, 0.5) is 0 Å². The number of nitrogens with two attached hydrogens (primary N) is 1. The van der Waals surface area contributed by atoms with Gasteiger partial charge < -0.3 is 5.73 Å². The van der Waals surface area contributed by atoms with Crippen molar-refractivity contribution >= 4 is 6.29 Å². The van der Waals surface area contributed by atoms with Gasteiger partial charge in [0.15, 0.2) is 6.29 Å². The van der Waals surface area contributed by atoms with Crippen molar-refractivity contribution in [2.75, 3.05) is 0 Å². The zero-order valence-corrected chi connectivity index (χ0v) is 7.73. The minimum absolute atomic E-state index is 0.00861. The van der Waals surface area contributed by atoms with Crippen LogP contribution in [-0.4, -0.2) is 11.3 Å². The lowest BCUT2D eigenvalue weighted by molar-refractivity contribution is 0.112. The topological polar surface area (TPSA) is 56.0 Å². The molecule has 0 bridgehead atoms. The monoisotopic (exact) mass is 178 g/mol. The van der Waals surface area contributed by atoms with Gasteiger partial charge in [0.1, 0.15) is 0 Å². The molecule has 1 unspecified atom stereocenters. The number of hydrogen-bond donors (Lipinski definition) is 1. The molecular weight excluding hydrogens is 164 g/mol.